The molecule has 0 amide bonds. The Balaban J connectivity index is 1.88. The van der Waals surface area contributed by atoms with Crippen LogP contribution < -0.4 is 4.72 Å². The van der Waals surface area contributed by atoms with Gasteiger partial charge in [0.2, 0.25) is 10.0 Å². The lowest BCUT2D eigenvalue weighted by molar-refractivity contribution is 0.0123. The van der Waals surface area contributed by atoms with Gasteiger partial charge in [-0.2, -0.15) is 5.26 Å². The molecule has 0 aliphatic carbocycles. The summed E-state index contributed by atoms with van der Waals surface area (Å²) in [7, 11) is -3.50. The van der Waals surface area contributed by atoms with Crippen molar-refractivity contribution in [2.45, 2.75) is 36.7 Å². The van der Waals surface area contributed by atoms with Crippen LogP contribution in [0.2, 0.25) is 0 Å². The average Bonchev–Trinajstić information content (AvgIpc) is 2.48. The van der Waals surface area contributed by atoms with E-state index in [9.17, 15) is 8.42 Å². The molecule has 0 spiro atoms. The predicted molar refractivity (Wildman–Crippen MR) is 74.6 cm³/mol. The van der Waals surface area contributed by atoms with Gasteiger partial charge in [-0.15, -0.1) is 0 Å². The summed E-state index contributed by atoms with van der Waals surface area (Å²) in [5.74, 6) is 0. The van der Waals surface area contributed by atoms with E-state index in [0.717, 1.165) is 25.9 Å². The quantitative estimate of drug-likeness (QED) is 0.898. The van der Waals surface area contributed by atoms with E-state index in [1.807, 2.05) is 6.07 Å². The monoisotopic (exact) mass is 294 g/mol. The van der Waals surface area contributed by atoms with Crippen LogP contribution in [0.15, 0.2) is 29.2 Å². The molecule has 0 saturated carbocycles. The van der Waals surface area contributed by atoms with Crippen molar-refractivity contribution in [2.75, 3.05) is 13.2 Å². The Morgan fingerprint density at radius 3 is 2.65 bits per heavy atom. The first kappa shape index (κ1) is 15.0. The first-order chi connectivity index (χ1) is 9.62. The second-order valence-corrected chi connectivity index (χ2v) is 6.58. The molecule has 1 atom stereocenters. The number of nitriles is 1. The van der Waals surface area contributed by atoms with E-state index < -0.39 is 10.0 Å². The number of sulfonamides is 1. The van der Waals surface area contributed by atoms with Crippen LogP contribution in [0, 0.1) is 11.3 Å². The summed E-state index contributed by atoms with van der Waals surface area (Å²) in [4.78, 5) is 0.182. The van der Waals surface area contributed by atoms with Crippen LogP contribution in [-0.2, 0) is 14.8 Å². The Labute approximate surface area is 119 Å². The number of ether oxygens (including phenoxy) is 1. The van der Waals surface area contributed by atoms with Crippen LogP contribution in [-0.4, -0.2) is 27.7 Å². The molecule has 108 valence electrons. The van der Waals surface area contributed by atoms with Gasteiger partial charge in [0.25, 0.3) is 0 Å². The van der Waals surface area contributed by atoms with Gasteiger partial charge < -0.3 is 4.74 Å². The zero-order chi connectivity index (χ0) is 14.4. The summed E-state index contributed by atoms with van der Waals surface area (Å²) in [6, 6.07) is 7.84. The lowest BCUT2D eigenvalue weighted by Crippen LogP contribution is -2.29. The molecule has 0 aromatic heterocycles. The van der Waals surface area contributed by atoms with Gasteiger partial charge in [-0.1, -0.05) is 0 Å². The topological polar surface area (TPSA) is 79.2 Å². The van der Waals surface area contributed by atoms with Crippen molar-refractivity contribution in [1.29, 1.82) is 5.26 Å². The maximum atomic E-state index is 12.0. The molecule has 1 saturated heterocycles. The lowest BCUT2D eigenvalue weighted by Gasteiger charge is -2.22. The van der Waals surface area contributed by atoms with Crippen molar-refractivity contribution >= 4 is 10.0 Å². The van der Waals surface area contributed by atoms with Crippen LogP contribution in [0.3, 0.4) is 0 Å². The van der Waals surface area contributed by atoms with E-state index in [4.69, 9.17) is 10.00 Å². The summed E-state index contributed by atoms with van der Waals surface area (Å²) >= 11 is 0. The fourth-order valence-electron chi connectivity index (χ4n) is 2.18. The van der Waals surface area contributed by atoms with Crippen LogP contribution in [0.4, 0.5) is 0 Å². The standard InChI is InChI=1S/C14H18N2O3S/c15-11-12-4-6-14(7-5-12)20(17,18)16-9-8-13-3-1-2-10-19-13/h4-7,13,16H,1-3,8-10H2. The largest absolute Gasteiger partial charge is 0.378 e. The Bertz CT molecular complexity index is 569. The molecule has 6 heteroatoms. The number of rotatable bonds is 5. The van der Waals surface area contributed by atoms with E-state index >= 15 is 0 Å². The van der Waals surface area contributed by atoms with Crippen molar-refractivity contribution in [2.24, 2.45) is 0 Å². The molecule has 1 unspecified atom stereocenters. The predicted octanol–water partition coefficient (Wildman–Crippen LogP) is 1.80. The Hall–Kier alpha value is -1.42. The first-order valence-electron chi connectivity index (χ1n) is 6.73. The molecule has 2 rings (SSSR count). The van der Waals surface area contributed by atoms with E-state index in [2.05, 4.69) is 4.72 Å². The van der Waals surface area contributed by atoms with Crippen LogP contribution >= 0.6 is 0 Å². The highest BCUT2D eigenvalue weighted by atomic mass is 32.2. The third-order valence-electron chi connectivity index (χ3n) is 3.33. The molecule has 20 heavy (non-hydrogen) atoms. The van der Waals surface area contributed by atoms with Crippen molar-refractivity contribution in [3.63, 3.8) is 0 Å². The van der Waals surface area contributed by atoms with E-state index in [1.54, 1.807) is 0 Å². The van der Waals surface area contributed by atoms with Gasteiger partial charge >= 0.3 is 0 Å². The molecule has 1 fully saturated rings. The fraction of sp³-hybridized carbons (Fsp3) is 0.500. The SMILES string of the molecule is N#Cc1ccc(S(=O)(=O)NCCC2CCCCO2)cc1. The highest BCUT2D eigenvalue weighted by Crippen LogP contribution is 2.15. The number of hydrogen-bond acceptors (Lipinski definition) is 4. The molecule has 0 bridgehead atoms. The second-order valence-electron chi connectivity index (χ2n) is 4.81. The van der Waals surface area contributed by atoms with E-state index in [1.165, 1.54) is 24.3 Å². The van der Waals surface area contributed by atoms with Gasteiger partial charge in [0, 0.05) is 13.2 Å². The Kier molecular flexibility index (Phi) is 5.12. The minimum absolute atomic E-state index is 0.160. The summed E-state index contributed by atoms with van der Waals surface area (Å²) in [6.07, 6.45) is 4.08. The first-order valence-corrected chi connectivity index (χ1v) is 8.21. The zero-order valence-electron chi connectivity index (χ0n) is 11.2. The van der Waals surface area contributed by atoms with Gasteiger partial charge in [-0.25, -0.2) is 13.1 Å². The maximum Gasteiger partial charge on any atom is 0.240 e. The minimum Gasteiger partial charge on any atom is -0.378 e. The van der Waals surface area contributed by atoms with Gasteiger partial charge in [-0.05, 0) is 49.9 Å². The van der Waals surface area contributed by atoms with Crippen LogP contribution in [0.5, 0.6) is 0 Å². The van der Waals surface area contributed by atoms with Gasteiger partial charge in [0.05, 0.1) is 22.6 Å². The number of nitrogens with one attached hydrogen (secondary N) is 1. The molecular weight excluding hydrogens is 276 g/mol. The molecule has 1 aliphatic heterocycles. The molecule has 0 radical (unpaired) electrons. The number of nitrogens with zero attached hydrogens (tertiary/aromatic N) is 1. The second kappa shape index (κ2) is 6.84. The number of benzene rings is 1. The van der Waals surface area contributed by atoms with Gasteiger partial charge in [-0.3, -0.25) is 0 Å². The zero-order valence-corrected chi connectivity index (χ0v) is 12.0. The van der Waals surface area contributed by atoms with Crippen molar-refractivity contribution in [3.8, 4) is 6.07 Å². The van der Waals surface area contributed by atoms with Crippen molar-refractivity contribution in [3.05, 3.63) is 29.8 Å². The summed E-state index contributed by atoms with van der Waals surface area (Å²) in [5.41, 5.74) is 0.444. The lowest BCUT2D eigenvalue weighted by atomic mass is 10.1. The molecule has 1 aliphatic rings. The normalized spacial score (nSPS) is 19.4. The van der Waals surface area contributed by atoms with Crippen LogP contribution in [0.1, 0.15) is 31.2 Å². The van der Waals surface area contributed by atoms with Crippen molar-refractivity contribution in [1.82, 2.24) is 4.72 Å². The van der Waals surface area contributed by atoms with Crippen LogP contribution in [0.25, 0.3) is 0 Å². The fourth-order valence-corrected chi connectivity index (χ4v) is 3.23. The summed E-state index contributed by atoms with van der Waals surface area (Å²) in [6.45, 7) is 1.14. The molecule has 1 aromatic carbocycles. The van der Waals surface area contributed by atoms with E-state index in [-0.39, 0.29) is 11.0 Å². The molecule has 1 heterocycles. The third kappa shape index (κ3) is 4.04. The molecule has 1 N–H and O–H groups in total. The van der Waals surface area contributed by atoms with Crippen molar-refractivity contribution < 1.29 is 13.2 Å². The van der Waals surface area contributed by atoms with Gasteiger partial charge in [0.15, 0.2) is 0 Å². The summed E-state index contributed by atoms with van der Waals surface area (Å²) in [5, 5.41) is 8.69. The number of hydrogen-bond donors (Lipinski definition) is 1. The maximum absolute atomic E-state index is 12.0. The molecular formula is C14H18N2O3S. The summed E-state index contributed by atoms with van der Waals surface area (Å²) < 4.78 is 32.2. The highest BCUT2D eigenvalue weighted by molar-refractivity contribution is 7.89. The molecule has 5 nitrogen and oxygen atoms in total. The third-order valence-corrected chi connectivity index (χ3v) is 4.80. The molecule has 1 aromatic rings. The van der Waals surface area contributed by atoms with Gasteiger partial charge in [0.1, 0.15) is 0 Å². The highest BCUT2D eigenvalue weighted by Gasteiger charge is 2.17. The minimum atomic E-state index is -3.50. The Morgan fingerprint density at radius 2 is 2.05 bits per heavy atom. The average molecular weight is 294 g/mol. The smallest absolute Gasteiger partial charge is 0.240 e. The van der Waals surface area contributed by atoms with E-state index in [0.29, 0.717) is 18.5 Å². The Morgan fingerprint density at radius 1 is 1.30 bits per heavy atom.